The highest BCUT2D eigenvalue weighted by Gasteiger charge is 2.10. The van der Waals surface area contributed by atoms with Crippen LogP contribution in [0.1, 0.15) is 40.5 Å². The average molecular weight is 248 g/mol. The molecule has 0 unspecified atom stereocenters. The first kappa shape index (κ1) is 16.8. The lowest BCUT2D eigenvalue weighted by atomic mass is 10.3. The fourth-order valence-electron chi connectivity index (χ4n) is 1.32. The summed E-state index contributed by atoms with van der Waals surface area (Å²) in [5, 5.41) is 8.84. The SMILES string of the molecule is CCCCOC[C@@H](C)OC[C@H](C)O[C@H](C)CO. The normalized spacial score (nSPS) is 16.8. The van der Waals surface area contributed by atoms with Crippen LogP contribution < -0.4 is 0 Å². The van der Waals surface area contributed by atoms with Gasteiger partial charge in [-0.05, 0) is 27.2 Å². The van der Waals surface area contributed by atoms with Gasteiger partial charge >= 0.3 is 0 Å². The van der Waals surface area contributed by atoms with Crippen molar-refractivity contribution in [1.29, 1.82) is 0 Å². The standard InChI is InChI=1S/C13H28O4/c1-5-6-7-15-9-12(3)16-10-13(4)17-11(2)8-14/h11-14H,5-10H2,1-4H3/t11-,12-,13+/m1/s1. The fraction of sp³-hybridized carbons (Fsp3) is 1.00. The Bertz CT molecular complexity index is 163. The van der Waals surface area contributed by atoms with Gasteiger partial charge in [0.05, 0.1) is 38.1 Å². The van der Waals surface area contributed by atoms with Crippen LogP contribution in [0.2, 0.25) is 0 Å². The van der Waals surface area contributed by atoms with Crippen molar-refractivity contribution >= 4 is 0 Å². The Morgan fingerprint density at radius 3 is 2.29 bits per heavy atom. The van der Waals surface area contributed by atoms with Crippen LogP contribution in [0, 0.1) is 0 Å². The zero-order chi connectivity index (χ0) is 13.1. The highest BCUT2D eigenvalue weighted by molar-refractivity contribution is 4.55. The second kappa shape index (κ2) is 11.0. The molecule has 0 saturated carbocycles. The number of aliphatic hydroxyl groups excluding tert-OH is 1. The largest absolute Gasteiger partial charge is 0.394 e. The Morgan fingerprint density at radius 1 is 1.00 bits per heavy atom. The van der Waals surface area contributed by atoms with E-state index in [1.807, 2.05) is 20.8 Å². The molecule has 0 rings (SSSR count). The second-order valence-corrected chi connectivity index (χ2v) is 4.51. The van der Waals surface area contributed by atoms with E-state index in [-0.39, 0.29) is 24.9 Å². The van der Waals surface area contributed by atoms with E-state index >= 15 is 0 Å². The average Bonchev–Trinajstić information content (AvgIpc) is 2.32. The summed E-state index contributed by atoms with van der Waals surface area (Å²) >= 11 is 0. The van der Waals surface area contributed by atoms with E-state index in [0.717, 1.165) is 19.4 Å². The van der Waals surface area contributed by atoms with Crippen molar-refractivity contribution in [2.75, 3.05) is 26.4 Å². The van der Waals surface area contributed by atoms with Gasteiger partial charge in [-0.25, -0.2) is 0 Å². The Balaban J connectivity index is 3.45. The molecular formula is C13H28O4. The van der Waals surface area contributed by atoms with E-state index in [4.69, 9.17) is 19.3 Å². The maximum Gasteiger partial charge on any atom is 0.0785 e. The summed E-state index contributed by atoms with van der Waals surface area (Å²) in [6.45, 7) is 9.92. The lowest BCUT2D eigenvalue weighted by molar-refractivity contribution is -0.0845. The molecule has 0 aliphatic heterocycles. The molecule has 0 aromatic carbocycles. The number of unbranched alkanes of at least 4 members (excludes halogenated alkanes) is 1. The van der Waals surface area contributed by atoms with Gasteiger partial charge in [0.1, 0.15) is 0 Å². The highest BCUT2D eigenvalue weighted by Crippen LogP contribution is 2.01. The maximum absolute atomic E-state index is 8.84. The fourth-order valence-corrected chi connectivity index (χ4v) is 1.32. The van der Waals surface area contributed by atoms with Crippen LogP contribution in [-0.4, -0.2) is 49.8 Å². The first-order valence-corrected chi connectivity index (χ1v) is 6.55. The van der Waals surface area contributed by atoms with E-state index in [2.05, 4.69) is 6.92 Å². The molecule has 4 heteroatoms. The van der Waals surface area contributed by atoms with Crippen molar-refractivity contribution in [3.05, 3.63) is 0 Å². The maximum atomic E-state index is 8.84. The molecule has 104 valence electrons. The van der Waals surface area contributed by atoms with Crippen LogP contribution in [0.3, 0.4) is 0 Å². The molecule has 0 aromatic rings. The Morgan fingerprint density at radius 2 is 1.71 bits per heavy atom. The summed E-state index contributed by atoms with van der Waals surface area (Å²) in [6, 6.07) is 0. The first-order valence-electron chi connectivity index (χ1n) is 6.55. The van der Waals surface area contributed by atoms with E-state index in [0.29, 0.717) is 13.2 Å². The van der Waals surface area contributed by atoms with Gasteiger partial charge in [0.2, 0.25) is 0 Å². The smallest absolute Gasteiger partial charge is 0.0785 e. The van der Waals surface area contributed by atoms with Gasteiger partial charge in [-0.15, -0.1) is 0 Å². The topological polar surface area (TPSA) is 47.9 Å². The molecule has 0 aromatic heterocycles. The lowest BCUT2D eigenvalue weighted by Crippen LogP contribution is -2.27. The molecule has 0 amide bonds. The number of aliphatic hydroxyl groups is 1. The molecule has 0 fully saturated rings. The molecule has 1 N–H and O–H groups in total. The van der Waals surface area contributed by atoms with Gasteiger partial charge in [0.25, 0.3) is 0 Å². The summed E-state index contributed by atoms with van der Waals surface area (Å²) in [5.74, 6) is 0. The second-order valence-electron chi connectivity index (χ2n) is 4.51. The molecule has 0 spiro atoms. The third kappa shape index (κ3) is 10.7. The summed E-state index contributed by atoms with van der Waals surface area (Å²) < 4.78 is 16.5. The van der Waals surface area contributed by atoms with Gasteiger partial charge in [-0.2, -0.15) is 0 Å². The van der Waals surface area contributed by atoms with E-state index in [1.54, 1.807) is 0 Å². The minimum Gasteiger partial charge on any atom is -0.394 e. The summed E-state index contributed by atoms with van der Waals surface area (Å²) in [6.07, 6.45) is 2.20. The molecular weight excluding hydrogens is 220 g/mol. The molecule has 0 bridgehead atoms. The summed E-state index contributed by atoms with van der Waals surface area (Å²) in [4.78, 5) is 0. The Kier molecular flexibility index (Phi) is 10.9. The van der Waals surface area contributed by atoms with Crippen LogP contribution in [0.25, 0.3) is 0 Å². The van der Waals surface area contributed by atoms with Gasteiger partial charge in [0, 0.05) is 6.61 Å². The minimum absolute atomic E-state index is 0.00441. The van der Waals surface area contributed by atoms with Crippen molar-refractivity contribution in [3.63, 3.8) is 0 Å². The van der Waals surface area contributed by atoms with Crippen molar-refractivity contribution < 1.29 is 19.3 Å². The predicted octanol–water partition coefficient (Wildman–Crippen LogP) is 1.99. The molecule has 17 heavy (non-hydrogen) atoms. The van der Waals surface area contributed by atoms with Crippen LogP contribution >= 0.6 is 0 Å². The number of ether oxygens (including phenoxy) is 3. The molecule has 0 heterocycles. The minimum atomic E-state index is -0.135. The van der Waals surface area contributed by atoms with Crippen LogP contribution in [0.5, 0.6) is 0 Å². The number of hydrogen-bond acceptors (Lipinski definition) is 4. The Labute approximate surface area is 105 Å². The van der Waals surface area contributed by atoms with Gasteiger partial charge < -0.3 is 19.3 Å². The lowest BCUT2D eigenvalue weighted by Gasteiger charge is -2.20. The monoisotopic (exact) mass is 248 g/mol. The van der Waals surface area contributed by atoms with Crippen molar-refractivity contribution in [3.8, 4) is 0 Å². The van der Waals surface area contributed by atoms with E-state index in [1.165, 1.54) is 0 Å². The third-order valence-corrected chi connectivity index (χ3v) is 2.33. The van der Waals surface area contributed by atoms with E-state index < -0.39 is 0 Å². The zero-order valence-electron chi connectivity index (χ0n) is 11.6. The molecule has 0 radical (unpaired) electrons. The summed E-state index contributed by atoms with van der Waals surface area (Å²) in [5.41, 5.74) is 0. The molecule has 3 atom stereocenters. The highest BCUT2D eigenvalue weighted by atomic mass is 16.6. The van der Waals surface area contributed by atoms with Gasteiger partial charge in [-0.3, -0.25) is 0 Å². The predicted molar refractivity (Wildman–Crippen MR) is 68.2 cm³/mol. The number of rotatable bonds is 11. The van der Waals surface area contributed by atoms with Crippen LogP contribution in [-0.2, 0) is 14.2 Å². The van der Waals surface area contributed by atoms with Crippen molar-refractivity contribution in [2.45, 2.75) is 58.8 Å². The molecule has 0 aliphatic carbocycles. The summed E-state index contributed by atoms with van der Waals surface area (Å²) in [7, 11) is 0. The Hall–Kier alpha value is -0.160. The van der Waals surface area contributed by atoms with Gasteiger partial charge in [0.15, 0.2) is 0 Å². The quantitative estimate of drug-likeness (QED) is 0.568. The molecule has 0 aliphatic rings. The van der Waals surface area contributed by atoms with Crippen molar-refractivity contribution in [1.82, 2.24) is 0 Å². The van der Waals surface area contributed by atoms with Crippen LogP contribution in [0.4, 0.5) is 0 Å². The van der Waals surface area contributed by atoms with E-state index in [9.17, 15) is 0 Å². The third-order valence-electron chi connectivity index (χ3n) is 2.33. The van der Waals surface area contributed by atoms with Crippen molar-refractivity contribution in [2.24, 2.45) is 0 Å². The molecule has 0 saturated heterocycles. The van der Waals surface area contributed by atoms with Crippen LogP contribution in [0.15, 0.2) is 0 Å². The zero-order valence-corrected chi connectivity index (χ0v) is 11.6. The molecule has 4 nitrogen and oxygen atoms in total. The van der Waals surface area contributed by atoms with Gasteiger partial charge in [-0.1, -0.05) is 13.3 Å². The number of hydrogen-bond donors (Lipinski definition) is 1. The first-order chi connectivity index (χ1) is 8.10.